The van der Waals surface area contributed by atoms with E-state index in [-0.39, 0.29) is 0 Å². The van der Waals surface area contributed by atoms with Crippen LogP contribution in [0.3, 0.4) is 0 Å². The molecule has 0 amide bonds. The average Bonchev–Trinajstić information content (AvgIpc) is 2.04. The van der Waals surface area contributed by atoms with Gasteiger partial charge in [-0.05, 0) is 46.6 Å². The van der Waals surface area contributed by atoms with Crippen LogP contribution < -0.4 is 5.32 Å². The van der Waals surface area contributed by atoms with E-state index in [1.54, 1.807) is 0 Å². The molecule has 0 aromatic rings. The first-order valence-corrected chi connectivity index (χ1v) is 5.53. The summed E-state index contributed by atoms with van der Waals surface area (Å²) in [4.78, 5) is 0. The molecule has 0 aromatic heterocycles. The highest BCUT2D eigenvalue weighted by Crippen LogP contribution is 2.01. The Kier molecular flexibility index (Phi) is 8.11. The molecule has 0 spiro atoms. The molecule has 1 nitrogen and oxygen atoms in total. The Morgan fingerprint density at radius 3 is 2.62 bits per heavy atom. The summed E-state index contributed by atoms with van der Waals surface area (Å²) >= 11 is 0. The standard InChI is InChI=1S/C12H25N/c1-5-6-10-13-12(4)9-7-8-11(2)3/h8,12-13H,5-7,9-10H2,1-4H3. The molecule has 0 aromatic carbocycles. The lowest BCUT2D eigenvalue weighted by Gasteiger charge is -2.11. The van der Waals surface area contributed by atoms with Gasteiger partial charge in [0.15, 0.2) is 0 Å². The third kappa shape index (κ3) is 9.62. The lowest BCUT2D eigenvalue weighted by atomic mass is 10.1. The van der Waals surface area contributed by atoms with E-state index >= 15 is 0 Å². The van der Waals surface area contributed by atoms with Gasteiger partial charge < -0.3 is 5.32 Å². The minimum Gasteiger partial charge on any atom is -0.314 e. The summed E-state index contributed by atoms with van der Waals surface area (Å²) in [5.74, 6) is 0. The Bertz CT molecular complexity index is 134. The van der Waals surface area contributed by atoms with E-state index in [4.69, 9.17) is 0 Å². The molecule has 1 unspecified atom stereocenters. The van der Waals surface area contributed by atoms with Gasteiger partial charge in [-0.15, -0.1) is 0 Å². The first kappa shape index (κ1) is 12.7. The Morgan fingerprint density at radius 1 is 1.38 bits per heavy atom. The van der Waals surface area contributed by atoms with E-state index in [0.717, 1.165) is 0 Å². The molecule has 13 heavy (non-hydrogen) atoms. The number of rotatable bonds is 7. The Morgan fingerprint density at radius 2 is 2.08 bits per heavy atom. The maximum absolute atomic E-state index is 3.53. The van der Waals surface area contributed by atoms with Gasteiger partial charge in [0, 0.05) is 6.04 Å². The minimum atomic E-state index is 0.669. The maximum Gasteiger partial charge on any atom is 0.00416 e. The topological polar surface area (TPSA) is 12.0 Å². The summed E-state index contributed by atoms with van der Waals surface area (Å²) in [6.07, 6.45) is 7.37. The summed E-state index contributed by atoms with van der Waals surface area (Å²) in [5.41, 5.74) is 1.43. The molecule has 0 radical (unpaired) electrons. The maximum atomic E-state index is 3.53. The quantitative estimate of drug-likeness (QED) is 0.470. The van der Waals surface area contributed by atoms with Crippen molar-refractivity contribution in [2.75, 3.05) is 6.54 Å². The zero-order valence-corrected chi connectivity index (χ0v) is 9.69. The molecule has 0 saturated carbocycles. The van der Waals surface area contributed by atoms with Crippen molar-refractivity contribution in [3.63, 3.8) is 0 Å². The summed E-state index contributed by atoms with van der Waals surface area (Å²) < 4.78 is 0. The molecule has 0 aliphatic rings. The van der Waals surface area contributed by atoms with Crippen LogP contribution in [0.25, 0.3) is 0 Å². The van der Waals surface area contributed by atoms with Crippen molar-refractivity contribution >= 4 is 0 Å². The molecule has 0 aliphatic carbocycles. The third-order valence-electron chi connectivity index (χ3n) is 2.18. The van der Waals surface area contributed by atoms with Crippen LogP contribution in [0.4, 0.5) is 0 Å². The number of hydrogen-bond donors (Lipinski definition) is 1. The van der Waals surface area contributed by atoms with Gasteiger partial charge in [0.1, 0.15) is 0 Å². The van der Waals surface area contributed by atoms with Gasteiger partial charge in [-0.2, -0.15) is 0 Å². The van der Waals surface area contributed by atoms with Crippen LogP contribution in [0.2, 0.25) is 0 Å². The van der Waals surface area contributed by atoms with E-state index in [9.17, 15) is 0 Å². The highest BCUT2D eigenvalue weighted by atomic mass is 14.9. The van der Waals surface area contributed by atoms with E-state index in [0.29, 0.717) is 6.04 Å². The zero-order chi connectivity index (χ0) is 10.1. The summed E-state index contributed by atoms with van der Waals surface area (Å²) in [7, 11) is 0. The first-order valence-electron chi connectivity index (χ1n) is 5.53. The molecular weight excluding hydrogens is 158 g/mol. The fraction of sp³-hybridized carbons (Fsp3) is 0.833. The van der Waals surface area contributed by atoms with Crippen LogP contribution in [-0.4, -0.2) is 12.6 Å². The smallest absolute Gasteiger partial charge is 0.00416 e. The molecule has 0 fully saturated rings. The summed E-state index contributed by atoms with van der Waals surface area (Å²) in [6, 6.07) is 0.669. The molecule has 1 heteroatoms. The van der Waals surface area contributed by atoms with Crippen LogP contribution in [0.1, 0.15) is 53.4 Å². The van der Waals surface area contributed by atoms with Crippen LogP contribution in [0.15, 0.2) is 11.6 Å². The number of allylic oxidation sites excluding steroid dienone is 2. The van der Waals surface area contributed by atoms with E-state index in [1.165, 1.54) is 37.8 Å². The second-order valence-electron chi connectivity index (χ2n) is 4.07. The fourth-order valence-electron chi connectivity index (χ4n) is 1.25. The summed E-state index contributed by atoms with van der Waals surface area (Å²) in [6.45, 7) is 10.0. The number of hydrogen-bond acceptors (Lipinski definition) is 1. The lowest BCUT2D eigenvalue weighted by Crippen LogP contribution is -2.26. The van der Waals surface area contributed by atoms with Crippen molar-refractivity contribution in [1.82, 2.24) is 5.32 Å². The molecule has 0 aliphatic heterocycles. The van der Waals surface area contributed by atoms with Gasteiger partial charge in [-0.25, -0.2) is 0 Å². The van der Waals surface area contributed by atoms with Gasteiger partial charge in [-0.3, -0.25) is 0 Å². The predicted octanol–water partition coefficient (Wildman–Crippen LogP) is 3.51. The van der Waals surface area contributed by atoms with Crippen LogP contribution in [0, 0.1) is 0 Å². The molecule has 78 valence electrons. The van der Waals surface area contributed by atoms with Crippen LogP contribution in [-0.2, 0) is 0 Å². The predicted molar refractivity (Wildman–Crippen MR) is 61.0 cm³/mol. The molecule has 0 rings (SSSR count). The minimum absolute atomic E-state index is 0.669. The summed E-state index contributed by atoms with van der Waals surface area (Å²) in [5, 5.41) is 3.53. The molecule has 1 N–H and O–H groups in total. The van der Waals surface area contributed by atoms with Gasteiger partial charge in [0.25, 0.3) is 0 Å². The zero-order valence-electron chi connectivity index (χ0n) is 9.69. The molecule has 1 atom stereocenters. The van der Waals surface area contributed by atoms with Crippen LogP contribution in [0.5, 0.6) is 0 Å². The van der Waals surface area contributed by atoms with E-state index in [1.807, 2.05) is 0 Å². The van der Waals surface area contributed by atoms with E-state index < -0.39 is 0 Å². The van der Waals surface area contributed by atoms with E-state index in [2.05, 4.69) is 39.1 Å². The highest BCUT2D eigenvalue weighted by molar-refractivity contribution is 4.93. The van der Waals surface area contributed by atoms with Gasteiger partial charge in [0.2, 0.25) is 0 Å². The van der Waals surface area contributed by atoms with Crippen molar-refractivity contribution < 1.29 is 0 Å². The van der Waals surface area contributed by atoms with Gasteiger partial charge in [-0.1, -0.05) is 25.0 Å². The highest BCUT2D eigenvalue weighted by Gasteiger charge is 1.97. The SMILES string of the molecule is CCCCNC(C)CCC=C(C)C. The number of nitrogens with one attached hydrogen (secondary N) is 1. The van der Waals surface area contributed by atoms with Crippen molar-refractivity contribution in [1.29, 1.82) is 0 Å². The van der Waals surface area contributed by atoms with Crippen molar-refractivity contribution in [3.8, 4) is 0 Å². The normalized spacial score (nSPS) is 12.6. The molecule has 0 heterocycles. The van der Waals surface area contributed by atoms with Crippen molar-refractivity contribution in [3.05, 3.63) is 11.6 Å². The Labute approximate surface area is 83.6 Å². The molecule has 0 bridgehead atoms. The van der Waals surface area contributed by atoms with Crippen molar-refractivity contribution in [2.45, 2.75) is 59.4 Å². The second kappa shape index (κ2) is 8.31. The Balaban J connectivity index is 3.30. The molecule has 0 saturated heterocycles. The van der Waals surface area contributed by atoms with Crippen LogP contribution >= 0.6 is 0 Å². The Hall–Kier alpha value is -0.300. The monoisotopic (exact) mass is 183 g/mol. The second-order valence-corrected chi connectivity index (χ2v) is 4.07. The third-order valence-corrected chi connectivity index (χ3v) is 2.18. The van der Waals surface area contributed by atoms with Gasteiger partial charge in [0.05, 0.1) is 0 Å². The first-order chi connectivity index (χ1) is 6.16. The fourth-order valence-corrected chi connectivity index (χ4v) is 1.25. The number of unbranched alkanes of at least 4 members (excludes halogenated alkanes) is 1. The lowest BCUT2D eigenvalue weighted by molar-refractivity contribution is 0.507. The average molecular weight is 183 g/mol. The van der Waals surface area contributed by atoms with Crippen molar-refractivity contribution in [2.24, 2.45) is 0 Å². The van der Waals surface area contributed by atoms with Gasteiger partial charge >= 0.3 is 0 Å². The molecular formula is C12H25N. The largest absolute Gasteiger partial charge is 0.314 e.